The standard InChI is InChI=1S/C8H9F9O3S.H3N/c9-1(3(11)5(13)7(15)16)2(10)4(12)6(14)8(17)21(18,19)20;/h1-8H,(H,18,19,20);1H3. The molecule has 0 spiro atoms. The highest BCUT2D eigenvalue weighted by Gasteiger charge is 2.49. The van der Waals surface area contributed by atoms with Crippen molar-refractivity contribution in [3.05, 3.63) is 0 Å². The van der Waals surface area contributed by atoms with Crippen molar-refractivity contribution >= 4 is 10.1 Å². The molecule has 14 heteroatoms. The molecule has 0 saturated carbocycles. The molecule has 0 aliphatic carbocycles. The van der Waals surface area contributed by atoms with E-state index >= 15 is 0 Å². The fraction of sp³-hybridized carbons (Fsp3) is 1.00. The Morgan fingerprint density at radius 2 is 0.864 bits per heavy atom. The predicted molar refractivity (Wildman–Crippen MR) is 56.8 cm³/mol. The Bertz CT molecular complexity index is 425. The molecule has 0 heterocycles. The Morgan fingerprint density at radius 3 is 1.14 bits per heavy atom. The van der Waals surface area contributed by atoms with Crippen LogP contribution in [0.5, 0.6) is 0 Å². The van der Waals surface area contributed by atoms with Gasteiger partial charge in [0, 0.05) is 0 Å². The van der Waals surface area contributed by atoms with E-state index in [9.17, 15) is 47.9 Å². The number of halogens is 9. The zero-order valence-corrected chi connectivity index (χ0v) is 11.2. The van der Waals surface area contributed by atoms with Gasteiger partial charge in [-0.25, -0.2) is 39.5 Å². The van der Waals surface area contributed by atoms with Crippen molar-refractivity contribution in [2.24, 2.45) is 0 Å². The molecular formula is C8H12F9NO3S. The average molecular weight is 373 g/mol. The van der Waals surface area contributed by atoms with Gasteiger partial charge in [0.05, 0.1) is 0 Å². The first-order valence-corrected chi connectivity index (χ1v) is 6.55. The van der Waals surface area contributed by atoms with Gasteiger partial charge in [-0.2, -0.15) is 8.42 Å². The minimum atomic E-state index is -5.81. The average Bonchev–Trinajstić information content (AvgIpc) is 2.40. The molecule has 136 valence electrons. The maximum absolute atomic E-state index is 13.0. The Hall–Kier alpha value is -0.760. The fourth-order valence-corrected chi connectivity index (χ4v) is 1.63. The Balaban J connectivity index is 0. The number of hydrogen-bond acceptors (Lipinski definition) is 3. The van der Waals surface area contributed by atoms with Crippen LogP contribution < -0.4 is 6.15 Å². The quantitative estimate of drug-likeness (QED) is 0.506. The van der Waals surface area contributed by atoms with Crippen molar-refractivity contribution in [3.63, 3.8) is 0 Å². The number of hydrogen-bond donors (Lipinski definition) is 2. The SMILES string of the molecule is N.O=S(=O)(O)C(F)C(F)C(F)C(F)C(F)C(F)C(F)C(F)F. The minimum Gasteiger partial charge on any atom is -0.344 e. The maximum atomic E-state index is 13.0. The highest BCUT2D eigenvalue weighted by molar-refractivity contribution is 7.86. The molecule has 0 aromatic heterocycles. The molecule has 0 saturated heterocycles. The topological polar surface area (TPSA) is 89.4 Å². The summed E-state index contributed by atoms with van der Waals surface area (Å²) in [5.41, 5.74) is -4.02. The molecule has 0 aliphatic heterocycles. The first-order valence-electron chi connectivity index (χ1n) is 5.05. The van der Waals surface area contributed by atoms with Gasteiger partial charge in [0.2, 0.25) is 0 Å². The molecule has 22 heavy (non-hydrogen) atoms. The normalized spacial score (nSPS) is 22.1. The van der Waals surface area contributed by atoms with Gasteiger partial charge in [-0.3, -0.25) is 4.55 Å². The molecule has 4 nitrogen and oxygen atoms in total. The van der Waals surface area contributed by atoms with Crippen molar-refractivity contribution in [3.8, 4) is 0 Å². The van der Waals surface area contributed by atoms with Crippen molar-refractivity contribution < 1.29 is 52.5 Å². The molecule has 0 aliphatic rings. The summed E-state index contributed by atoms with van der Waals surface area (Å²) in [7, 11) is -5.81. The monoisotopic (exact) mass is 373 g/mol. The molecule has 0 amide bonds. The van der Waals surface area contributed by atoms with Crippen LogP contribution in [0.25, 0.3) is 0 Å². The second-order valence-electron chi connectivity index (χ2n) is 3.87. The van der Waals surface area contributed by atoms with Crippen molar-refractivity contribution in [1.82, 2.24) is 6.15 Å². The van der Waals surface area contributed by atoms with Crippen molar-refractivity contribution in [2.75, 3.05) is 0 Å². The van der Waals surface area contributed by atoms with Crippen LogP contribution in [0.15, 0.2) is 0 Å². The van der Waals surface area contributed by atoms with Gasteiger partial charge in [-0.05, 0) is 0 Å². The molecule has 7 atom stereocenters. The summed E-state index contributed by atoms with van der Waals surface area (Å²) >= 11 is 0. The van der Waals surface area contributed by atoms with Crippen LogP contribution in [0, 0.1) is 0 Å². The van der Waals surface area contributed by atoms with E-state index < -0.39 is 59.1 Å². The van der Waals surface area contributed by atoms with Gasteiger partial charge >= 0.3 is 10.1 Å². The van der Waals surface area contributed by atoms with E-state index in [1.165, 1.54) is 0 Å². The van der Waals surface area contributed by atoms with Gasteiger partial charge in [0.25, 0.3) is 11.9 Å². The van der Waals surface area contributed by atoms with E-state index in [1.54, 1.807) is 0 Å². The summed E-state index contributed by atoms with van der Waals surface area (Å²) in [6.45, 7) is 0. The number of alkyl halides is 9. The van der Waals surface area contributed by atoms with Gasteiger partial charge in [0.1, 0.15) is 0 Å². The Kier molecular flexibility index (Phi) is 9.36. The molecule has 0 rings (SSSR count). The van der Waals surface area contributed by atoms with Gasteiger partial charge in [0.15, 0.2) is 37.0 Å². The highest BCUT2D eigenvalue weighted by Crippen LogP contribution is 2.28. The lowest BCUT2D eigenvalue weighted by atomic mass is 10.0. The zero-order chi connectivity index (χ0) is 17.1. The van der Waals surface area contributed by atoms with E-state index in [1.807, 2.05) is 0 Å². The molecule has 0 aromatic carbocycles. The maximum Gasteiger partial charge on any atom is 0.300 e. The van der Waals surface area contributed by atoms with Gasteiger partial charge in [-0.15, -0.1) is 0 Å². The summed E-state index contributed by atoms with van der Waals surface area (Å²) in [4.78, 5) is 0. The van der Waals surface area contributed by atoms with Crippen molar-refractivity contribution in [1.29, 1.82) is 0 Å². The second kappa shape index (κ2) is 8.76. The van der Waals surface area contributed by atoms with Gasteiger partial charge < -0.3 is 6.15 Å². The molecule has 4 N–H and O–H groups in total. The van der Waals surface area contributed by atoms with E-state index in [2.05, 4.69) is 0 Å². The first-order chi connectivity index (χ1) is 9.32. The first kappa shape index (κ1) is 23.5. The van der Waals surface area contributed by atoms with Crippen LogP contribution in [0.4, 0.5) is 39.5 Å². The molecule has 0 radical (unpaired) electrons. The van der Waals surface area contributed by atoms with E-state index in [0.29, 0.717) is 0 Å². The molecule has 7 unspecified atom stereocenters. The Morgan fingerprint density at radius 1 is 0.591 bits per heavy atom. The highest BCUT2D eigenvalue weighted by atomic mass is 32.2. The van der Waals surface area contributed by atoms with Crippen molar-refractivity contribution in [2.45, 2.75) is 49.0 Å². The summed E-state index contributed by atoms with van der Waals surface area (Å²) in [5, 5.41) is 0. The van der Waals surface area contributed by atoms with E-state index in [0.717, 1.165) is 0 Å². The Labute approximate surface area is 119 Å². The predicted octanol–water partition coefficient (Wildman–Crippen LogP) is 2.63. The third-order valence-corrected chi connectivity index (χ3v) is 3.13. The van der Waals surface area contributed by atoms with E-state index in [-0.39, 0.29) is 6.15 Å². The smallest absolute Gasteiger partial charge is 0.300 e. The summed E-state index contributed by atoms with van der Waals surface area (Å²) in [6, 6.07) is 0. The molecule has 0 bridgehead atoms. The van der Waals surface area contributed by atoms with E-state index in [4.69, 9.17) is 4.55 Å². The largest absolute Gasteiger partial charge is 0.344 e. The zero-order valence-electron chi connectivity index (χ0n) is 10.4. The lowest BCUT2D eigenvalue weighted by Gasteiger charge is -2.24. The molecular weight excluding hydrogens is 361 g/mol. The van der Waals surface area contributed by atoms with Crippen LogP contribution in [0.3, 0.4) is 0 Å². The van der Waals surface area contributed by atoms with Crippen LogP contribution >= 0.6 is 0 Å². The number of rotatable bonds is 8. The van der Waals surface area contributed by atoms with Crippen LogP contribution in [0.1, 0.15) is 0 Å². The molecule has 0 fully saturated rings. The lowest BCUT2D eigenvalue weighted by molar-refractivity contribution is -0.0620. The second-order valence-corrected chi connectivity index (χ2v) is 5.35. The minimum absolute atomic E-state index is 0. The third kappa shape index (κ3) is 5.79. The summed E-state index contributed by atoms with van der Waals surface area (Å²) in [6.07, 6.45) is -27.7. The van der Waals surface area contributed by atoms with Crippen LogP contribution in [0.2, 0.25) is 0 Å². The van der Waals surface area contributed by atoms with Gasteiger partial charge in [-0.1, -0.05) is 0 Å². The lowest BCUT2D eigenvalue weighted by Crippen LogP contribution is -2.47. The summed E-state index contributed by atoms with van der Waals surface area (Å²) in [5.74, 6) is 0. The summed E-state index contributed by atoms with van der Waals surface area (Å²) < 4.78 is 141. The molecule has 0 aromatic rings. The fourth-order valence-electron chi connectivity index (χ4n) is 1.15. The third-order valence-electron chi connectivity index (χ3n) is 2.30. The van der Waals surface area contributed by atoms with Crippen LogP contribution in [-0.2, 0) is 10.1 Å². The van der Waals surface area contributed by atoms with Crippen LogP contribution in [-0.4, -0.2) is 61.9 Å².